The number of carboxylic acids is 2. The molecule has 0 spiro atoms. The molecule has 11 heteroatoms. The van der Waals surface area contributed by atoms with Gasteiger partial charge in [0.2, 0.25) is 5.76 Å². The summed E-state index contributed by atoms with van der Waals surface area (Å²) >= 11 is 1.80. The third-order valence-corrected chi connectivity index (χ3v) is 6.52. The summed E-state index contributed by atoms with van der Waals surface area (Å²) in [5.41, 5.74) is 2.27. The molecule has 2 aromatic rings. The van der Waals surface area contributed by atoms with Crippen LogP contribution in [-0.4, -0.2) is 101 Å². The van der Waals surface area contributed by atoms with E-state index in [1.165, 1.54) is 15.4 Å². The van der Waals surface area contributed by atoms with Crippen molar-refractivity contribution in [1.82, 2.24) is 9.80 Å². The molecule has 192 valence electrons. The van der Waals surface area contributed by atoms with E-state index in [1.54, 1.807) is 11.8 Å². The number of para-hydroxylation sites is 1. The van der Waals surface area contributed by atoms with Crippen LogP contribution < -0.4 is 0 Å². The first-order valence-electron chi connectivity index (χ1n) is 11.4. The van der Waals surface area contributed by atoms with Gasteiger partial charge >= 0.3 is 11.9 Å². The van der Waals surface area contributed by atoms with Gasteiger partial charge in [-0.15, -0.1) is 0 Å². The molecule has 1 saturated heterocycles. The van der Waals surface area contributed by atoms with Crippen molar-refractivity contribution in [2.45, 2.75) is 9.79 Å². The van der Waals surface area contributed by atoms with Gasteiger partial charge in [-0.2, -0.15) is 0 Å². The second-order valence-corrected chi connectivity index (χ2v) is 8.92. The maximum atomic E-state index is 9.65. The second kappa shape index (κ2) is 13.6. The number of carbonyl (C=O) groups is 2. The van der Waals surface area contributed by atoms with Gasteiger partial charge in [0.15, 0.2) is 0 Å². The van der Waals surface area contributed by atoms with Gasteiger partial charge in [-0.05, 0) is 18.2 Å². The Bertz CT molecular complexity index is 1110. The van der Waals surface area contributed by atoms with Crippen LogP contribution in [0.2, 0.25) is 0 Å². The van der Waals surface area contributed by atoms with E-state index < -0.39 is 17.7 Å². The van der Waals surface area contributed by atoms with Crippen molar-refractivity contribution in [3.63, 3.8) is 0 Å². The largest absolute Gasteiger partial charge is 0.502 e. The number of ether oxygens (including phenoxy) is 1. The van der Waals surface area contributed by atoms with Gasteiger partial charge in [0, 0.05) is 48.1 Å². The van der Waals surface area contributed by atoms with Crippen LogP contribution in [0.4, 0.5) is 5.69 Å². The molecule has 0 amide bonds. The van der Waals surface area contributed by atoms with Gasteiger partial charge in [-0.25, -0.2) is 14.6 Å². The number of benzene rings is 2. The SMILES string of the molecule is O=C(O)/C=C(/O)C(=O)O.OCCOCCN1CCN(C2=Nc3ccccc3Sc3ccccc32)CC1. The van der Waals surface area contributed by atoms with Gasteiger partial charge in [0.05, 0.1) is 31.6 Å². The van der Waals surface area contributed by atoms with Crippen LogP contribution in [-0.2, 0) is 14.3 Å². The first kappa shape index (κ1) is 27.2. The highest BCUT2D eigenvalue weighted by atomic mass is 32.2. The Morgan fingerprint density at radius 3 is 2.25 bits per heavy atom. The summed E-state index contributed by atoms with van der Waals surface area (Å²) in [5.74, 6) is -3.24. The summed E-state index contributed by atoms with van der Waals surface area (Å²) in [4.78, 5) is 31.6. The molecular weight excluding hydrogens is 486 g/mol. The highest BCUT2D eigenvalue weighted by molar-refractivity contribution is 7.99. The highest BCUT2D eigenvalue weighted by Crippen LogP contribution is 2.40. The Hall–Kier alpha value is -3.38. The maximum Gasteiger partial charge on any atom is 0.371 e. The number of hydrogen-bond acceptors (Lipinski definition) is 9. The Balaban J connectivity index is 0.000000345. The van der Waals surface area contributed by atoms with Gasteiger partial charge in [-0.3, -0.25) is 4.90 Å². The van der Waals surface area contributed by atoms with E-state index in [-0.39, 0.29) is 12.7 Å². The van der Waals surface area contributed by atoms with E-state index >= 15 is 0 Å². The molecule has 2 aromatic carbocycles. The van der Waals surface area contributed by atoms with E-state index in [0.29, 0.717) is 13.2 Å². The average Bonchev–Trinajstić information content (AvgIpc) is 3.04. The van der Waals surface area contributed by atoms with Crippen molar-refractivity contribution in [3.05, 3.63) is 65.9 Å². The van der Waals surface area contributed by atoms with Crippen LogP contribution in [0.15, 0.2) is 75.1 Å². The van der Waals surface area contributed by atoms with Crippen LogP contribution in [0.3, 0.4) is 0 Å². The van der Waals surface area contributed by atoms with E-state index in [4.69, 9.17) is 30.2 Å². The number of hydrogen-bond donors (Lipinski definition) is 4. The normalized spacial score (nSPS) is 15.5. The number of fused-ring (bicyclic) bond motifs is 2. The zero-order valence-electron chi connectivity index (χ0n) is 19.6. The predicted octanol–water partition coefficient (Wildman–Crippen LogP) is 2.45. The van der Waals surface area contributed by atoms with Gasteiger partial charge in [0.1, 0.15) is 5.84 Å². The smallest absolute Gasteiger partial charge is 0.371 e. The fourth-order valence-corrected chi connectivity index (χ4v) is 4.65. The zero-order valence-corrected chi connectivity index (χ0v) is 20.4. The Kier molecular flexibility index (Phi) is 10.3. The maximum absolute atomic E-state index is 9.65. The number of aliphatic carboxylic acids is 2. The van der Waals surface area contributed by atoms with Crippen LogP contribution in [0.25, 0.3) is 0 Å². The molecule has 4 rings (SSSR count). The van der Waals surface area contributed by atoms with Gasteiger partial charge in [0.25, 0.3) is 0 Å². The van der Waals surface area contributed by atoms with Crippen molar-refractivity contribution in [1.29, 1.82) is 0 Å². The second-order valence-electron chi connectivity index (χ2n) is 7.84. The average molecular weight is 516 g/mol. The number of carboxylic acid groups (broad SMARTS) is 2. The summed E-state index contributed by atoms with van der Waals surface area (Å²) in [6.07, 6.45) is 0.197. The molecule has 0 radical (unpaired) electrons. The number of amidine groups is 1. The Labute approximate surface area is 213 Å². The molecule has 2 heterocycles. The molecule has 0 atom stereocenters. The number of nitrogens with zero attached hydrogens (tertiary/aromatic N) is 3. The Morgan fingerprint density at radius 1 is 0.944 bits per heavy atom. The fraction of sp³-hybridized carbons (Fsp3) is 0.320. The minimum atomic E-state index is -1.66. The van der Waals surface area contributed by atoms with Crippen molar-refractivity contribution < 1.29 is 34.8 Å². The summed E-state index contributed by atoms with van der Waals surface area (Å²) in [5, 5.41) is 32.7. The molecule has 0 aliphatic carbocycles. The van der Waals surface area contributed by atoms with Crippen molar-refractivity contribution >= 4 is 35.2 Å². The molecule has 0 bridgehead atoms. The monoisotopic (exact) mass is 515 g/mol. The first-order chi connectivity index (χ1) is 17.4. The number of aliphatic imine (C=N–C) groups is 1. The predicted molar refractivity (Wildman–Crippen MR) is 135 cm³/mol. The van der Waals surface area contributed by atoms with Crippen LogP contribution in [0.1, 0.15) is 5.56 Å². The lowest BCUT2D eigenvalue weighted by molar-refractivity contribution is -0.137. The Morgan fingerprint density at radius 2 is 1.61 bits per heavy atom. The van der Waals surface area contributed by atoms with Gasteiger partial charge in [-0.1, -0.05) is 42.1 Å². The van der Waals surface area contributed by atoms with E-state index in [2.05, 4.69) is 58.3 Å². The number of aliphatic hydroxyl groups excluding tert-OH is 2. The molecule has 2 aliphatic rings. The van der Waals surface area contributed by atoms with E-state index in [1.807, 2.05) is 0 Å². The summed E-state index contributed by atoms with van der Waals surface area (Å²) in [7, 11) is 0. The quantitative estimate of drug-likeness (QED) is 0.247. The lowest BCUT2D eigenvalue weighted by Crippen LogP contribution is -2.49. The topological polar surface area (TPSA) is 143 Å². The summed E-state index contributed by atoms with van der Waals surface area (Å²) in [6, 6.07) is 16.9. The zero-order chi connectivity index (χ0) is 25.9. The number of piperazine rings is 1. The summed E-state index contributed by atoms with van der Waals surface area (Å²) < 4.78 is 5.40. The standard InChI is InChI=1S/C21H25N3O2S.C4H4O5/c25-14-16-26-15-13-23-9-11-24(12-10-23)21-17-5-1-3-7-19(17)27-20-8-4-2-6-18(20)22-21;5-2(4(8)9)1-3(6)7/h1-8,25H,9-16H2;1,5H,(H,6,7)(H,8,9)/b;2-1+. The van der Waals surface area contributed by atoms with Crippen LogP contribution >= 0.6 is 11.8 Å². The minimum absolute atomic E-state index is 0.0898. The molecule has 0 saturated carbocycles. The van der Waals surface area contributed by atoms with Crippen LogP contribution in [0.5, 0.6) is 0 Å². The van der Waals surface area contributed by atoms with Crippen molar-refractivity contribution in [2.24, 2.45) is 4.99 Å². The molecule has 10 nitrogen and oxygen atoms in total. The fourth-order valence-electron chi connectivity index (χ4n) is 3.63. The minimum Gasteiger partial charge on any atom is -0.502 e. The lowest BCUT2D eigenvalue weighted by atomic mass is 10.1. The lowest BCUT2D eigenvalue weighted by Gasteiger charge is -2.36. The molecule has 36 heavy (non-hydrogen) atoms. The van der Waals surface area contributed by atoms with Crippen molar-refractivity contribution in [3.8, 4) is 0 Å². The van der Waals surface area contributed by atoms with E-state index in [9.17, 15) is 9.59 Å². The third kappa shape index (κ3) is 7.82. The molecule has 0 aromatic heterocycles. The highest BCUT2D eigenvalue weighted by Gasteiger charge is 2.25. The van der Waals surface area contributed by atoms with Crippen LogP contribution in [0, 0.1) is 0 Å². The number of aliphatic hydroxyl groups is 2. The third-order valence-electron chi connectivity index (χ3n) is 5.38. The first-order valence-corrected chi connectivity index (χ1v) is 12.2. The molecule has 2 aliphatic heterocycles. The molecular formula is C25H29N3O7S. The van der Waals surface area contributed by atoms with Gasteiger partial charge < -0.3 is 30.1 Å². The van der Waals surface area contributed by atoms with Crippen molar-refractivity contribution in [2.75, 3.05) is 52.5 Å². The molecule has 1 fully saturated rings. The number of rotatable bonds is 7. The van der Waals surface area contributed by atoms with E-state index in [0.717, 1.165) is 44.2 Å². The molecule has 0 unspecified atom stereocenters. The molecule has 4 N–H and O–H groups in total. The summed E-state index contributed by atoms with van der Waals surface area (Å²) in [6.45, 7) is 6.01.